The van der Waals surface area contributed by atoms with E-state index in [9.17, 15) is 14.4 Å². The molecule has 0 aromatic rings. The zero-order valence-electron chi connectivity index (χ0n) is 16.1. The van der Waals surface area contributed by atoms with Gasteiger partial charge in [0.05, 0.1) is 5.92 Å². The molecule has 1 atom stereocenters. The summed E-state index contributed by atoms with van der Waals surface area (Å²) in [5, 5.41) is 0. The van der Waals surface area contributed by atoms with Gasteiger partial charge in [-0.1, -0.05) is 38.5 Å². The molecule has 3 aliphatic carbocycles. The molecule has 0 heterocycles. The second-order valence-electron chi connectivity index (χ2n) is 8.41. The molecule has 0 radical (unpaired) electrons. The van der Waals surface area contributed by atoms with Gasteiger partial charge in [0.15, 0.2) is 0 Å². The van der Waals surface area contributed by atoms with Crippen molar-refractivity contribution in [2.45, 2.75) is 109 Å². The molecule has 5 heteroatoms. The lowest BCUT2D eigenvalue weighted by Crippen LogP contribution is -2.49. The van der Waals surface area contributed by atoms with Crippen LogP contribution in [0.15, 0.2) is 0 Å². The third-order valence-corrected chi connectivity index (χ3v) is 6.41. The summed E-state index contributed by atoms with van der Waals surface area (Å²) >= 11 is 0. The molecule has 0 aliphatic heterocycles. The summed E-state index contributed by atoms with van der Waals surface area (Å²) in [5.41, 5.74) is 0. The molecule has 0 N–H and O–H groups in total. The van der Waals surface area contributed by atoms with Gasteiger partial charge in [0.25, 0.3) is 0 Å². The maximum Gasteiger partial charge on any atom is 0.410 e. The lowest BCUT2D eigenvalue weighted by atomic mass is 9.89. The monoisotopic (exact) mass is 363 g/mol. The minimum absolute atomic E-state index is 0.00863. The van der Waals surface area contributed by atoms with Gasteiger partial charge in [-0.25, -0.2) is 4.79 Å². The molecular weight excluding hydrogens is 330 g/mol. The summed E-state index contributed by atoms with van der Waals surface area (Å²) < 4.78 is 5.76. The number of Topliss-reactive ketones (excluding diaryl/α,β-unsaturated/α-hetero) is 2. The van der Waals surface area contributed by atoms with Crippen molar-refractivity contribution in [3.05, 3.63) is 0 Å². The molecule has 5 nitrogen and oxygen atoms in total. The maximum absolute atomic E-state index is 13.0. The summed E-state index contributed by atoms with van der Waals surface area (Å²) in [6, 6.07) is 0.586. The van der Waals surface area contributed by atoms with Gasteiger partial charge < -0.3 is 9.64 Å². The zero-order chi connectivity index (χ0) is 18.5. The highest BCUT2D eigenvalue weighted by Gasteiger charge is 2.37. The Morgan fingerprint density at radius 2 is 1.38 bits per heavy atom. The standard InChI is InChI=1S/C21H33NO4/c1-15(14-18-19(23)12-13-20(18)24)26-21(25)22(16-8-4-2-5-9-16)17-10-6-3-7-11-17/h15-18H,2-14H2,1H3. The highest BCUT2D eigenvalue weighted by Crippen LogP contribution is 2.31. The molecule has 3 aliphatic rings. The summed E-state index contributed by atoms with van der Waals surface area (Å²) in [7, 11) is 0. The molecule has 3 saturated carbocycles. The molecule has 0 spiro atoms. The Labute approximate surface area is 156 Å². The number of rotatable bonds is 5. The van der Waals surface area contributed by atoms with Gasteiger partial charge in [0.1, 0.15) is 17.7 Å². The first-order chi connectivity index (χ1) is 12.6. The van der Waals surface area contributed by atoms with Gasteiger partial charge in [-0.3, -0.25) is 9.59 Å². The summed E-state index contributed by atoms with van der Waals surface area (Å²) in [4.78, 5) is 38.8. The Morgan fingerprint density at radius 1 is 0.923 bits per heavy atom. The lowest BCUT2D eigenvalue weighted by molar-refractivity contribution is -0.128. The minimum atomic E-state index is -0.560. The van der Waals surface area contributed by atoms with Crippen LogP contribution in [0.25, 0.3) is 0 Å². The van der Waals surface area contributed by atoms with E-state index < -0.39 is 12.0 Å². The number of amides is 1. The fourth-order valence-electron chi connectivity index (χ4n) is 4.97. The molecule has 146 valence electrons. The van der Waals surface area contributed by atoms with E-state index in [1.54, 1.807) is 0 Å². The summed E-state index contributed by atoms with van der Waals surface area (Å²) in [6.07, 6.45) is 11.9. The van der Waals surface area contributed by atoms with Crippen molar-refractivity contribution in [1.29, 1.82) is 0 Å². The smallest absolute Gasteiger partial charge is 0.410 e. The van der Waals surface area contributed by atoms with Gasteiger partial charge in [0.2, 0.25) is 0 Å². The van der Waals surface area contributed by atoms with E-state index in [2.05, 4.69) is 0 Å². The largest absolute Gasteiger partial charge is 0.446 e. The molecule has 1 amide bonds. The zero-order valence-corrected chi connectivity index (χ0v) is 16.1. The molecular formula is C21H33NO4. The van der Waals surface area contributed by atoms with E-state index in [4.69, 9.17) is 4.74 Å². The third kappa shape index (κ3) is 4.66. The summed E-state index contributed by atoms with van der Waals surface area (Å²) in [5.74, 6) is -0.542. The first-order valence-electron chi connectivity index (χ1n) is 10.6. The average molecular weight is 363 g/mol. The van der Waals surface area contributed by atoms with Gasteiger partial charge in [-0.05, 0) is 32.6 Å². The average Bonchev–Trinajstić information content (AvgIpc) is 2.95. The van der Waals surface area contributed by atoms with Crippen molar-refractivity contribution in [2.75, 3.05) is 0 Å². The molecule has 26 heavy (non-hydrogen) atoms. The topological polar surface area (TPSA) is 63.7 Å². The Morgan fingerprint density at radius 3 is 1.85 bits per heavy atom. The Bertz CT molecular complexity index is 486. The quantitative estimate of drug-likeness (QED) is 0.678. The molecule has 1 unspecified atom stereocenters. The molecule has 3 fully saturated rings. The number of hydrogen-bond acceptors (Lipinski definition) is 4. The number of ketones is 2. The Hall–Kier alpha value is -1.39. The van der Waals surface area contributed by atoms with E-state index in [1.807, 2.05) is 11.8 Å². The van der Waals surface area contributed by atoms with E-state index in [0.29, 0.717) is 31.3 Å². The van der Waals surface area contributed by atoms with Crippen LogP contribution >= 0.6 is 0 Å². The van der Waals surface area contributed by atoms with E-state index >= 15 is 0 Å². The van der Waals surface area contributed by atoms with E-state index in [-0.39, 0.29) is 17.7 Å². The minimum Gasteiger partial charge on any atom is -0.446 e. The number of ether oxygens (including phenoxy) is 1. The van der Waals surface area contributed by atoms with Crippen LogP contribution in [0.1, 0.15) is 90.4 Å². The van der Waals surface area contributed by atoms with Crippen molar-refractivity contribution >= 4 is 17.7 Å². The van der Waals surface area contributed by atoms with Gasteiger partial charge >= 0.3 is 6.09 Å². The Balaban J connectivity index is 1.62. The molecule has 0 bridgehead atoms. The van der Waals surface area contributed by atoms with Crippen LogP contribution in [0.4, 0.5) is 4.79 Å². The third-order valence-electron chi connectivity index (χ3n) is 6.41. The second-order valence-corrected chi connectivity index (χ2v) is 8.41. The molecule has 0 aromatic heterocycles. The van der Waals surface area contributed by atoms with Crippen LogP contribution in [0.2, 0.25) is 0 Å². The lowest BCUT2D eigenvalue weighted by Gasteiger charge is -2.41. The van der Waals surface area contributed by atoms with Crippen LogP contribution in [0, 0.1) is 5.92 Å². The van der Waals surface area contributed by atoms with Gasteiger partial charge in [-0.15, -0.1) is 0 Å². The van der Waals surface area contributed by atoms with Crippen LogP contribution in [-0.4, -0.2) is 40.7 Å². The predicted molar refractivity (Wildman–Crippen MR) is 98.9 cm³/mol. The molecule has 3 rings (SSSR count). The maximum atomic E-state index is 13.0. The van der Waals surface area contributed by atoms with Crippen molar-refractivity contribution in [2.24, 2.45) is 5.92 Å². The highest BCUT2D eigenvalue weighted by atomic mass is 16.6. The first-order valence-corrected chi connectivity index (χ1v) is 10.6. The highest BCUT2D eigenvalue weighted by molar-refractivity contribution is 6.08. The van der Waals surface area contributed by atoms with Crippen LogP contribution in [0.5, 0.6) is 0 Å². The van der Waals surface area contributed by atoms with Crippen molar-refractivity contribution in [3.8, 4) is 0 Å². The van der Waals surface area contributed by atoms with Crippen LogP contribution in [0.3, 0.4) is 0 Å². The van der Waals surface area contributed by atoms with E-state index in [1.165, 1.54) is 38.5 Å². The molecule has 0 saturated heterocycles. The SMILES string of the molecule is CC(CC1C(=O)CCC1=O)OC(=O)N(C1CCCCC1)C1CCCCC1. The number of carbonyl (C=O) groups is 3. The normalized spacial score (nSPS) is 24.7. The fraction of sp³-hybridized carbons (Fsp3) is 0.857. The van der Waals surface area contributed by atoms with Crippen LogP contribution < -0.4 is 0 Å². The van der Waals surface area contributed by atoms with Gasteiger partial charge in [-0.2, -0.15) is 0 Å². The number of hydrogen-bond donors (Lipinski definition) is 0. The predicted octanol–water partition coefficient (Wildman–Crippen LogP) is 4.42. The van der Waals surface area contributed by atoms with Crippen molar-refractivity contribution in [1.82, 2.24) is 4.90 Å². The number of nitrogens with zero attached hydrogens (tertiary/aromatic N) is 1. The van der Waals surface area contributed by atoms with E-state index in [0.717, 1.165) is 25.7 Å². The summed E-state index contributed by atoms with van der Waals surface area (Å²) in [6.45, 7) is 1.82. The second kappa shape index (κ2) is 9.01. The number of carbonyl (C=O) groups excluding carboxylic acids is 3. The molecule has 0 aromatic carbocycles. The van der Waals surface area contributed by atoms with Crippen molar-refractivity contribution < 1.29 is 19.1 Å². The first kappa shape index (κ1) is 19.4. The Kier molecular flexibility index (Phi) is 6.71. The fourth-order valence-corrected chi connectivity index (χ4v) is 4.97. The van der Waals surface area contributed by atoms with Crippen molar-refractivity contribution in [3.63, 3.8) is 0 Å². The van der Waals surface area contributed by atoms with Gasteiger partial charge in [0, 0.05) is 31.3 Å². The van der Waals surface area contributed by atoms with Crippen LogP contribution in [-0.2, 0) is 14.3 Å².